The Morgan fingerprint density at radius 1 is 1.53 bits per heavy atom. The van der Waals surface area contributed by atoms with Crippen LogP contribution in [0.2, 0.25) is 0 Å². The Labute approximate surface area is 101 Å². The number of carbonyl (C=O) groups is 1. The topological polar surface area (TPSA) is 62.5 Å². The lowest BCUT2D eigenvalue weighted by Gasteiger charge is -2.16. The number of amides is 1. The van der Waals surface area contributed by atoms with Gasteiger partial charge in [0.05, 0.1) is 5.56 Å². The van der Waals surface area contributed by atoms with Crippen LogP contribution < -0.4 is 10.6 Å². The van der Waals surface area contributed by atoms with E-state index in [1.807, 2.05) is 31.1 Å². The zero-order chi connectivity index (χ0) is 12.4. The fourth-order valence-corrected chi connectivity index (χ4v) is 1.93. The molecule has 1 aliphatic rings. The molecule has 5 nitrogen and oxygen atoms in total. The SMILES string of the molecule is CN(C)c1ccc(C(=O)N2CC[C@@H](N)C2)cn1. The van der Waals surface area contributed by atoms with Crippen LogP contribution in [-0.2, 0) is 0 Å². The monoisotopic (exact) mass is 234 g/mol. The first-order valence-electron chi connectivity index (χ1n) is 5.76. The molecule has 1 saturated heterocycles. The first kappa shape index (κ1) is 11.9. The molecule has 1 aromatic heterocycles. The van der Waals surface area contributed by atoms with Gasteiger partial charge in [0.15, 0.2) is 0 Å². The number of likely N-dealkylation sites (tertiary alicyclic amines) is 1. The number of nitrogens with two attached hydrogens (primary N) is 1. The number of hydrogen-bond acceptors (Lipinski definition) is 4. The Kier molecular flexibility index (Phi) is 3.28. The van der Waals surface area contributed by atoms with Crippen molar-refractivity contribution in [1.29, 1.82) is 0 Å². The van der Waals surface area contributed by atoms with Crippen LogP contribution in [0.3, 0.4) is 0 Å². The standard InChI is InChI=1S/C12H18N4O/c1-15(2)11-4-3-9(7-14-11)12(17)16-6-5-10(13)8-16/h3-4,7,10H,5-6,8,13H2,1-2H3/t10-/m1/s1. The van der Waals surface area contributed by atoms with Gasteiger partial charge in [-0.1, -0.05) is 0 Å². The number of pyridine rings is 1. The van der Waals surface area contributed by atoms with Gasteiger partial charge in [0.1, 0.15) is 5.82 Å². The lowest BCUT2D eigenvalue weighted by Crippen LogP contribution is -2.31. The highest BCUT2D eigenvalue weighted by atomic mass is 16.2. The molecule has 17 heavy (non-hydrogen) atoms. The molecule has 0 saturated carbocycles. The van der Waals surface area contributed by atoms with Crippen molar-refractivity contribution in [2.24, 2.45) is 5.73 Å². The van der Waals surface area contributed by atoms with E-state index in [-0.39, 0.29) is 11.9 Å². The molecule has 92 valence electrons. The third-order valence-electron chi connectivity index (χ3n) is 2.96. The van der Waals surface area contributed by atoms with Crippen molar-refractivity contribution in [3.8, 4) is 0 Å². The Morgan fingerprint density at radius 3 is 2.76 bits per heavy atom. The molecule has 0 aliphatic carbocycles. The van der Waals surface area contributed by atoms with Gasteiger partial charge in [0.25, 0.3) is 5.91 Å². The molecule has 2 heterocycles. The van der Waals surface area contributed by atoms with Gasteiger partial charge in [-0.15, -0.1) is 0 Å². The highest BCUT2D eigenvalue weighted by molar-refractivity contribution is 5.94. The predicted octanol–water partition coefficient (Wildman–Crippen LogP) is 0.321. The van der Waals surface area contributed by atoms with E-state index in [1.165, 1.54) is 0 Å². The number of hydrogen-bond donors (Lipinski definition) is 1. The lowest BCUT2D eigenvalue weighted by molar-refractivity contribution is 0.0790. The van der Waals surface area contributed by atoms with E-state index in [0.717, 1.165) is 18.8 Å². The number of nitrogens with zero attached hydrogens (tertiary/aromatic N) is 3. The molecular weight excluding hydrogens is 216 g/mol. The van der Waals surface area contributed by atoms with Crippen LogP contribution in [0.25, 0.3) is 0 Å². The average molecular weight is 234 g/mol. The van der Waals surface area contributed by atoms with E-state index in [0.29, 0.717) is 12.1 Å². The summed E-state index contributed by atoms with van der Waals surface area (Å²) in [4.78, 5) is 20.0. The quantitative estimate of drug-likeness (QED) is 0.800. The maximum atomic E-state index is 12.1. The fraction of sp³-hybridized carbons (Fsp3) is 0.500. The van der Waals surface area contributed by atoms with E-state index >= 15 is 0 Å². The second kappa shape index (κ2) is 4.71. The molecular formula is C12H18N4O. The highest BCUT2D eigenvalue weighted by Gasteiger charge is 2.24. The fourth-order valence-electron chi connectivity index (χ4n) is 1.93. The maximum Gasteiger partial charge on any atom is 0.255 e. The number of carbonyl (C=O) groups excluding carboxylic acids is 1. The summed E-state index contributed by atoms with van der Waals surface area (Å²) in [5.74, 6) is 0.871. The Bertz CT molecular complexity index is 401. The Morgan fingerprint density at radius 2 is 2.29 bits per heavy atom. The second-order valence-corrected chi connectivity index (χ2v) is 4.60. The van der Waals surface area contributed by atoms with Gasteiger partial charge in [0, 0.05) is 39.4 Å². The van der Waals surface area contributed by atoms with Gasteiger partial charge < -0.3 is 15.5 Å². The lowest BCUT2D eigenvalue weighted by atomic mass is 10.2. The van der Waals surface area contributed by atoms with Gasteiger partial charge in [-0.3, -0.25) is 4.79 Å². The van der Waals surface area contributed by atoms with E-state index in [2.05, 4.69) is 4.98 Å². The minimum Gasteiger partial charge on any atom is -0.363 e. The zero-order valence-corrected chi connectivity index (χ0v) is 10.3. The largest absolute Gasteiger partial charge is 0.363 e. The average Bonchev–Trinajstić information content (AvgIpc) is 2.75. The Hall–Kier alpha value is -1.62. The molecule has 2 rings (SSSR count). The minimum absolute atomic E-state index is 0.0238. The van der Waals surface area contributed by atoms with Crippen molar-refractivity contribution in [2.45, 2.75) is 12.5 Å². The normalized spacial score (nSPS) is 19.5. The van der Waals surface area contributed by atoms with Crippen LogP contribution in [0.4, 0.5) is 5.82 Å². The summed E-state index contributed by atoms with van der Waals surface area (Å²) >= 11 is 0. The van der Waals surface area contributed by atoms with Crippen molar-refractivity contribution in [2.75, 3.05) is 32.1 Å². The van der Waals surface area contributed by atoms with E-state index in [1.54, 1.807) is 11.1 Å². The summed E-state index contributed by atoms with van der Waals surface area (Å²) in [5, 5.41) is 0. The molecule has 0 aromatic carbocycles. The summed E-state index contributed by atoms with van der Waals surface area (Å²) in [6, 6.07) is 3.78. The van der Waals surface area contributed by atoms with Crippen LogP contribution in [0.15, 0.2) is 18.3 Å². The van der Waals surface area contributed by atoms with Crippen molar-refractivity contribution >= 4 is 11.7 Å². The van der Waals surface area contributed by atoms with Crippen molar-refractivity contribution < 1.29 is 4.79 Å². The first-order chi connectivity index (χ1) is 8.08. The van der Waals surface area contributed by atoms with Crippen LogP contribution >= 0.6 is 0 Å². The van der Waals surface area contributed by atoms with E-state index in [4.69, 9.17) is 5.73 Å². The van der Waals surface area contributed by atoms with Crippen LogP contribution in [-0.4, -0.2) is 49.0 Å². The zero-order valence-electron chi connectivity index (χ0n) is 10.3. The third kappa shape index (κ3) is 2.55. The smallest absolute Gasteiger partial charge is 0.255 e. The molecule has 0 unspecified atom stereocenters. The molecule has 0 radical (unpaired) electrons. The third-order valence-corrected chi connectivity index (χ3v) is 2.96. The molecule has 1 aromatic rings. The van der Waals surface area contributed by atoms with Crippen molar-refractivity contribution in [1.82, 2.24) is 9.88 Å². The first-order valence-corrected chi connectivity index (χ1v) is 5.76. The van der Waals surface area contributed by atoms with Gasteiger partial charge in [-0.25, -0.2) is 4.98 Å². The summed E-state index contributed by atoms with van der Waals surface area (Å²) in [7, 11) is 3.84. The van der Waals surface area contributed by atoms with Crippen LogP contribution in [0.5, 0.6) is 0 Å². The predicted molar refractivity (Wildman–Crippen MR) is 67.1 cm³/mol. The maximum absolute atomic E-state index is 12.1. The van der Waals surface area contributed by atoms with E-state index < -0.39 is 0 Å². The van der Waals surface area contributed by atoms with Crippen molar-refractivity contribution in [3.05, 3.63) is 23.9 Å². The van der Waals surface area contributed by atoms with Crippen LogP contribution in [0, 0.1) is 0 Å². The molecule has 1 atom stereocenters. The molecule has 2 N–H and O–H groups in total. The minimum atomic E-state index is 0.0238. The molecule has 5 heteroatoms. The second-order valence-electron chi connectivity index (χ2n) is 4.60. The molecule has 1 aliphatic heterocycles. The summed E-state index contributed by atoms with van der Waals surface area (Å²) in [6.45, 7) is 1.39. The van der Waals surface area contributed by atoms with Gasteiger partial charge in [-0.05, 0) is 18.6 Å². The van der Waals surface area contributed by atoms with Crippen molar-refractivity contribution in [3.63, 3.8) is 0 Å². The van der Waals surface area contributed by atoms with Gasteiger partial charge in [0.2, 0.25) is 0 Å². The molecule has 1 amide bonds. The summed E-state index contributed by atoms with van der Waals surface area (Å²) < 4.78 is 0. The van der Waals surface area contributed by atoms with Crippen LogP contribution in [0.1, 0.15) is 16.8 Å². The molecule has 0 spiro atoms. The van der Waals surface area contributed by atoms with E-state index in [9.17, 15) is 4.79 Å². The Balaban J connectivity index is 2.09. The molecule has 0 bridgehead atoms. The summed E-state index contributed by atoms with van der Waals surface area (Å²) in [6.07, 6.45) is 2.51. The van der Waals surface area contributed by atoms with Gasteiger partial charge >= 0.3 is 0 Å². The highest BCUT2D eigenvalue weighted by Crippen LogP contribution is 2.14. The number of aromatic nitrogens is 1. The summed E-state index contributed by atoms with van der Waals surface area (Å²) in [5.41, 5.74) is 6.42. The number of anilines is 1. The van der Waals surface area contributed by atoms with Gasteiger partial charge in [-0.2, -0.15) is 0 Å². The number of rotatable bonds is 2. The molecule has 1 fully saturated rings.